The van der Waals surface area contributed by atoms with Gasteiger partial charge in [0.1, 0.15) is 0 Å². The highest BCUT2D eigenvalue weighted by Crippen LogP contribution is 2.20. The summed E-state index contributed by atoms with van der Waals surface area (Å²) in [4.78, 5) is 2.44. The number of nitrogens with one attached hydrogen (secondary N) is 1. The van der Waals surface area contributed by atoms with Gasteiger partial charge in [0.25, 0.3) is 0 Å². The van der Waals surface area contributed by atoms with Crippen LogP contribution in [0.2, 0.25) is 0 Å². The second kappa shape index (κ2) is 4.47. The first-order valence-corrected chi connectivity index (χ1v) is 5.24. The molecule has 1 aliphatic rings. The second-order valence-corrected chi connectivity index (χ2v) is 3.62. The normalized spacial score (nSPS) is 17.1. The molecule has 1 radical (unpaired) electrons. The van der Waals surface area contributed by atoms with Crippen molar-refractivity contribution in [3.05, 3.63) is 36.8 Å². The van der Waals surface area contributed by atoms with E-state index in [0.29, 0.717) is 0 Å². The molecule has 1 saturated heterocycles. The van der Waals surface area contributed by atoms with Crippen LogP contribution in [0.5, 0.6) is 0 Å². The van der Waals surface area contributed by atoms with Crippen molar-refractivity contribution < 1.29 is 0 Å². The molecule has 0 unspecified atom stereocenters. The van der Waals surface area contributed by atoms with Crippen LogP contribution >= 0.6 is 0 Å². The first-order valence-electron chi connectivity index (χ1n) is 5.24. The molecule has 0 spiro atoms. The zero-order valence-corrected chi connectivity index (χ0v) is 8.50. The summed E-state index contributed by atoms with van der Waals surface area (Å²) in [5.41, 5.74) is 2.72. The third kappa shape index (κ3) is 1.90. The molecule has 0 aliphatic carbocycles. The Kier molecular flexibility index (Phi) is 3.04. The van der Waals surface area contributed by atoms with Crippen LogP contribution in [0.4, 0.5) is 5.69 Å². The topological polar surface area (TPSA) is 15.3 Å². The number of rotatable bonds is 2. The molecule has 0 amide bonds. The van der Waals surface area contributed by atoms with Crippen LogP contribution in [-0.2, 0) is 6.42 Å². The van der Waals surface area contributed by atoms with Crippen molar-refractivity contribution in [3.63, 3.8) is 0 Å². The lowest BCUT2D eigenvalue weighted by atomic mass is 10.1. The number of hydrogen-bond acceptors (Lipinski definition) is 2. The molecule has 75 valence electrons. The second-order valence-electron chi connectivity index (χ2n) is 3.62. The van der Waals surface area contributed by atoms with Crippen LogP contribution in [-0.4, -0.2) is 26.2 Å². The molecule has 2 nitrogen and oxygen atoms in total. The minimum Gasteiger partial charge on any atom is -0.369 e. The van der Waals surface area contributed by atoms with E-state index in [1.807, 2.05) is 0 Å². The number of piperazine rings is 1. The Bertz CT molecular complexity index is 290. The first kappa shape index (κ1) is 9.53. The maximum absolute atomic E-state index is 3.97. The van der Waals surface area contributed by atoms with E-state index in [9.17, 15) is 0 Å². The molecule has 1 N–H and O–H groups in total. The SMILES string of the molecule is [CH2]Cc1ccccc1N1CCNCC1. The van der Waals surface area contributed by atoms with Crippen molar-refractivity contribution in [1.29, 1.82) is 0 Å². The minimum atomic E-state index is 0.875. The van der Waals surface area contributed by atoms with Gasteiger partial charge in [0.2, 0.25) is 0 Å². The molecule has 1 aromatic rings. The zero-order valence-electron chi connectivity index (χ0n) is 8.50. The van der Waals surface area contributed by atoms with Crippen molar-refractivity contribution >= 4 is 5.69 Å². The van der Waals surface area contributed by atoms with Crippen LogP contribution in [0.1, 0.15) is 5.56 Å². The molecule has 1 heterocycles. The smallest absolute Gasteiger partial charge is 0.0399 e. The van der Waals surface area contributed by atoms with Crippen molar-refractivity contribution in [1.82, 2.24) is 5.32 Å². The number of para-hydroxylation sites is 1. The monoisotopic (exact) mass is 189 g/mol. The Labute approximate surface area is 85.9 Å². The summed E-state index contributed by atoms with van der Waals surface area (Å²) in [5, 5.41) is 3.36. The van der Waals surface area contributed by atoms with Crippen LogP contribution in [0, 0.1) is 6.92 Å². The van der Waals surface area contributed by atoms with E-state index in [1.54, 1.807) is 0 Å². The minimum absolute atomic E-state index is 0.875. The quantitative estimate of drug-likeness (QED) is 0.758. The van der Waals surface area contributed by atoms with E-state index in [-0.39, 0.29) is 0 Å². The van der Waals surface area contributed by atoms with E-state index >= 15 is 0 Å². The number of anilines is 1. The predicted molar refractivity (Wildman–Crippen MR) is 60.6 cm³/mol. The van der Waals surface area contributed by atoms with Crippen LogP contribution in [0.15, 0.2) is 24.3 Å². The lowest BCUT2D eigenvalue weighted by Crippen LogP contribution is -2.43. The fraction of sp³-hybridized carbons (Fsp3) is 0.417. The van der Waals surface area contributed by atoms with E-state index in [4.69, 9.17) is 0 Å². The van der Waals surface area contributed by atoms with Gasteiger partial charge in [-0.05, 0) is 25.0 Å². The summed E-state index contributed by atoms with van der Waals surface area (Å²) in [6, 6.07) is 8.57. The van der Waals surface area contributed by atoms with E-state index in [1.165, 1.54) is 11.3 Å². The largest absolute Gasteiger partial charge is 0.369 e. The maximum Gasteiger partial charge on any atom is 0.0399 e. The molecule has 1 aromatic carbocycles. The van der Waals surface area contributed by atoms with E-state index in [2.05, 4.69) is 41.4 Å². The van der Waals surface area contributed by atoms with Gasteiger partial charge in [-0.25, -0.2) is 0 Å². The zero-order chi connectivity index (χ0) is 9.80. The summed E-state index contributed by atoms with van der Waals surface area (Å²) < 4.78 is 0. The van der Waals surface area contributed by atoms with Gasteiger partial charge < -0.3 is 10.2 Å². The fourth-order valence-electron chi connectivity index (χ4n) is 1.94. The van der Waals surface area contributed by atoms with Crippen molar-refractivity contribution in [2.45, 2.75) is 6.42 Å². The Hall–Kier alpha value is -1.02. The van der Waals surface area contributed by atoms with Crippen molar-refractivity contribution in [3.8, 4) is 0 Å². The number of benzene rings is 1. The van der Waals surface area contributed by atoms with Crippen LogP contribution in [0.3, 0.4) is 0 Å². The van der Waals surface area contributed by atoms with E-state index < -0.39 is 0 Å². The van der Waals surface area contributed by atoms with Gasteiger partial charge in [-0.1, -0.05) is 18.2 Å². The standard InChI is InChI=1S/C12H17N2/c1-2-11-5-3-4-6-12(11)14-9-7-13-8-10-14/h3-6,13H,1-2,7-10H2. The summed E-state index contributed by atoms with van der Waals surface area (Å²) in [7, 11) is 0. The number of nitrogens with zero attached hydrogens (tertiary/aromatic N) is 1. The number of hydrogen-bond donors (Lipinski definition) is 1. The van der Waals surface area contributed by atoms with Gasteiger partial charge >= 0.3 is 0 Å². The molecule has 2 rings (SSSR count). The summed E-state index contributed by atoms with van der Waals surface area (Å²) in [6.45, 7) is 8.36. The molecule has 0 bridgehead atoms. The first-order chi connectivity index (χ1) is 6.92. The average molecular weight is 189 g/mol. The lowest BCUT2D eigenvalue weighted by molar-refractivity contribution is 0.588. The summed E-state index contributed by atoms with van der Waals surface area (Å²) >= 11 is 0. The molecule has 0 saturated carbocycles. The van der Waals surface area contributed by atoms with Gasteiger partial charge in [0, 0.05) is 31.9 Å². The van der Waals surface area contributed by atoms with Crippen LogP contribution in [0.25, 0.3) is 0 Å². The molecular formula is C12H17N2. The van der Waals surface area contributed by atoms with Crippen molar-refractivity contribution in [2.75, 3.05) is 31.1 Å². The fourth-order valence-corrected chi connectivity index (χ4v) is 1.94. The third-order valence-corrected chi connectivity index (χ3v) is 2.72. The van der Waals surface area contributed by atoms with Crippen LogP contribution < -0.4 is 10.2 Å². The predicted octanol–water partition coefficient (Wildman–Crippen LogP) is 1.47. The Morgan fingerprint density at radius 3 is 2.64 bits per heavy atom. The van der Waals surface area contributed by atoms with Gasteiger partial charge in [-0.2, -0.15) is 0 Å². The molecule has 2 heteroatoms. The third-order valence-electron chi connectivity index (χ3n) is 2.72. The molecule has 0 aromatic heterocycles. The molecular weight excluding hydrogens is 172 g/mol. The Morgan fingerprint density at radius 1 is 1.21 bits per heavy atom. The van der Waals surface area contributed by atoms with Gasteiger partial charge in [-0.15, -0.1) is 0 Å². The highest BCUT2D eigenvalue weighted by Gasteiger charge is 2.12. The molecule has 1 fully saturated rings. The maximum atomic E-state index is 3.97. The summed E-state index contributed by atoms with van der Waals surface area (Å²) in [6.07, 6.45) is 0.875. The lowest BCUT2D eigenvalue weighted by Gasteiger charge is -2.31. The molecule has 0 atom stereocenters. The molecule has 1 aliphatic heterocycles. The Balaban J connectivity index is 2.20. The van der Waals surface area contributed by atoms with Gasteiger partial charge in [-0.3, -0.25) is 0 Å². The average Bonchev–Trinajstić information content (AvgIpc) is 2.30. The van der Waals surface area contributed by atoms with Gasteiger partial charge in [0.15, 0.2) is 0 Å². The van der Waals surface area contributed by atoms with E-state index in [0.717, 1.165) is 32.6 Å². The van der Waals surface area contributed by atoms with Crippen molar-refractivity contribution in [2.24, 2.45) is 0 Å². The highest BCUT2D eigenvalue weighted by molar-refractivity contribution is 5.54. The summed E-state index contributed by atoms with van der Waals surface area (Å²) in [5.74, 6) is 0. The highest BCUT2D eigenvalue weighted by atomic mass is 15.2. The molecule has 14 heavy (non-hydrogen) atoms. The van der Waals surface area contributed by atoms with Gasteiger partial charge in [0.05, 0.1) is 0 Å². The Morgan fingerprint density at radius 2 is 1.93 bits per heavy atom.